The lowest BCUT2D eigenvalue weighted by Crippen LogP contribution is -2.04. The molecular formula is C17H20N8O. The summed E-state index contributed by atoms with van der Waals surface area (Å²) in [5.74, 6) is 0.859. The summed E-state index contributed by atoms with van der Waals surface area (Å²) in [5, 5.41) is 0. The van der Waals surface area contributed by atoms with Gasteiger partial charge in [-0.3, -0.25) is 0 Å². The summed E-state index contributed by atoms with van der Waals surface area (Å²) < 4.78 is 9.42. The first-order chi connectivity index (χ1) is 12.5. The molecule has 0 amide bonds. The summed E-state index contributed by atoms with van der Waals surface area (Å²) in [5.41, 5.74) is 3.33. The molecule has 4 aromatic heterocycles. The lowest BCUT2D eigenvalue weighted by Gasteiger charge is -2.10. The van der Waals surface area contributed by atoms with Gasteiger partial charge in [0.25, 0.3) is 0 Å². The standard InChI is InChI=1S/C17H20N8O/c1-9(2)24-7-20-12-11(18-6-19-15(12)24)14-22-16-13(17(23-14)26-5)21-8-25(16)10(3)4/h6-10H,1-5H3. The molecule has 9 nitrogen and oxygen atoms in total. The maximum atomic E-state index is 5.44. The average Bonchev–Trinajstić information content (AvgIpc) is 3.24. The molecule has 0 aliphatic carbocycles. The second kappa shape index (κ2) is 6.01. The molecule has 0 N–H and O–H groups in total. The SMILES string of the molecule is COc1nc(-c2ncnc3c2ncn3C(C)C)nc2c1ncn2C(C)C. The fourth-order valence-corrected chi connectivity index (χ4v) is 2.91. The van der Waals surface area contributed by atoms with E-state index in [1.165, 1.54) is 6.33 Å². The second-order valence-corrected chi connectivity index (χ2v) is 6.61. The minimum atomic E-state index is 0.207. The minimum absolute atomic E-state index is 0.207. The van der Waals surface area contributed by atoms with Gasteiger partial charge in [-0.2, -0.15) is 4.98 Å². The summed E-state index contributed by atoms with van der Waals surface area (Å²) in [4.78, 5) is 26.9. The smallest absolute Gasteiger partial charge is 0.245 e. The van der Waals surface area contributed by atoms with E-state index in [0.29, 0.717) is 34.1 Å². The molecule has 0 spiro atoms. The molecule has 26 heavy (non-hydrogen) atoms. The first kappa shape index (κ1) is 16.4. The van der Waals surface area contributed by atoms with Crippen LogP contribution in [-0.4, -0.2) is 46.1 Å². The van der Waals surface area contributed by atoms with Gasteiger partial charge in [0.1, 0.15) is 17.5 Å². The number of fused-ring (bicyclic) bond motifs is 2. The van der Waals surface area contributed by atoms with Crippen molar-refractivity contribution in [1.82, 2.24) is 39.0 Å². The van der Waals surface area contributed by atoms with Gasteiger partial charge in [-0.05, 0) is 27.7 Å². The van der Waals surface area contributed by atoms with Crippen LogP contribution < -0.4 is 4.74 Å². The van der Waals surface area contributed by atoms with E-state index in [4.69, 9.17) is 9.72 Å². The molecule has 0 aliphatic heterocycles. The summed E-state index contributed by atoms with van der Waals surface area (Å²) in [7, 11) is 1.57. The van der Waals surface area contributed by atoms with Crippen LogP contribution >= 0.6 is 0 Å². The van der Waals surface area contributed by atoms with Gasteiger partial charge >= 0.3 is 0 Å². The third-order valence-electron chi connectivity index (χ3n) is 4.27. The van der Waals surface area contributed by atoms with Crippen molar-refractivity contribution in [3.8, 4) is 17.4 Å². The van der Waals surface area contributed by atoms with Gasteiger partial charge in [0.15, 0.2) is 22.6 Å². The zero-order valence-corrected chi connectivity index (χ0v) is 15.4. The van der Waals surface area contributed by atoms with Crippen molar-refractivity contribution in [3.05, 3.63) is 19.0 Å². The molecule has 0 bridgehead atoms. The molecule has 0 fully saturated rings. The quantitative estimate of drug-likeness (QED) is 0.557. The van der Waals surface area contributed by atoms with E-state index in [1.54, 1.807) is 19.8 Å². The van der Waals surface area contributed by atoms with Gasteiger partial charge in [0.2, 0.25) is 5.88 Å². The lowest BCUT2D eigenvalue weighted by molar-refractivity contribution is 0.402. The van der Waals surface area contributed by atoms with Crippen LogP contribution in [0.25, 0.3) is 33.8 Å². The minimum Gasteiger partial charge on any atom is -0.479 e. The van der Waals surface area contributed by atoms with Crippen LogP contribution in [0.3, 0.4) is 0 Å². The lowest BCUT2D eigenvalue weighted by atomic mass is 10.3. The summed E-state index contributed by atoms with van der Waals surface area (Å²) >= 11 is 0. The molecule has 4 aromatic rings. The molecule has 4 heterocycles. The van der Waals surface area contributed by atoms with Crippen molar-refractivity contribution in [2.24, 2.45) is 0 Å². The van der Waals surface area contributed by atoms with Gasteiger partial charge in [-0.1, -0.05) is 0 Å². The highest BCUT2D eigenvalue weighted by Crippen LogP contribution is 2.29. The fraction of sp³-hybridized carbons (Fsp3) is 0.412. The third kappa shape index (κ3) is 2.39. The Hall–Kier alpha value is -3.10. The molecule has 9 heteroatoms. The fourth-order valence-electron chi connectivity index (χ4n) is 2.91. The Balaban J connectivity index is 2.00. The van der Waals surface area contributed by atoms with E-state index < -0.39 is 0 Å². The third-order valence-corrected chi connectivity index (χ3v) is 4.27. The number of ether oxygens (including phenoxy) is 1. The average molecular weight is 352 g/mol. The Morgan fingerprint density at radius 3 is 2.12 bits per heavy atom. The van der Waals surface area contributed by atoms with E-state index in [-0.39, 0.29) is 12.1 Å². The Labute approximate surface area is 150 Å². The number of aromatic nitrogens is 8. The summed E-state index contributed by atoms with van der Waals surface area (Å²) in [6, 6.07) is 0.445. The number of hydrogen-bond donors (Lipinski definition) is 0. The first-order valence-corrected chi connectivity index (χ1v) is 8.47. The van der Waals surface area contributed by atoms with Crippen LogP contribution in [0.5, 0.6) is 5.88 Å². The van der Waals surface area contributed by atoms with Gasteiger partial charge in [0.05, 0.1) is 19.8 Å². The molecule has 0 aliphatic rings. The first-order valence-electron chi connectivity index (χ1n) is 8.47. The number of hydrogen-bond acceptors (Lipinski definition) is 7. The molecule has 0 unspecified atom stereocenters. The number of imidazole rings is 2. The topological polar surface area (TPSA) is 96.4 Å². The van der Waals surface area contributed by atoms with Crippen molar-refractivity contribution in [3.63, 3.8) is 0 Å². The highest BCUT2D eigenvalue weighted by atomic mass is 16.5. The van der Waals surface area contributed by atoms with E-state index >= 15 is 0 Å². The van der Waals surface area contributed by atoms with E-state index in [0.717, 1.165) is 5.65 Å². The highest BCUT2D eigenvalue weighted by molar-refractivity contribution is 5.87. The van der Waals surface area contributed by atoms with Gasteiger partial charge in [0, 0.05) is 12.1 Å². The van der Waals surface area contributed by atoms with Crippen LogP contribution in [0.2, 0.25) is 0 Å². The monoisotopic (exact) mass is 352 g/mol. The molecular weight excluding hydrogens is 332 g/mol. The zero-order chi connectivity index (χ0) is 18.4. The Bertz CT molecular complexity index is 1090. The van der Waals surface area contributed by atoms with Crippen molar-refractivity contribution < 1.29 is 4.74 Å². The van der Waals surface area contributed by atoms with Crippen LogP contribution in [0.15, 0.2) is 19.0 Å². The maximum Gasteiger partial charge on any atom is 0.245 e. The second-order valence-electron chi connectivity index (χ2n) is 6.61. The predicted molar refractivity (Wildman–Crippen MR) is 97.0 cm³/mol. The van der Waals surface area contributed by atoms with E-state index in [1.807, 2.05) is 9.13 Å². The largest absolute Gasteiger partial charge is 0.479 e. The molecule has 0 radical (unpaired) electrons. The van der Waals surface area contributed by atoms with Crippen molar-refractivity contribution in [2.75, 3.05) is 7.11 Å². The van der Waals surface area contributed by atoms with Gasteiger partial charge < -0.3 is 13.9 Å². The molecule has 4 rings (SSSR count). The van der Waals surface area contributed by atoms with Crippen molar-refractivity contribution in [2.45, 2.75) is 39.8 Å². The highest BCUT2D eigenvalue weighted by Gasteiger charge is 2.20. The Kier molecular flexibility index (Phi) is 3.78. The van der Waals surface area contributed by atoms with E-state index in [2.05, 4.69) is 52.6 Å². The van der Waals surface area contributed by atoms with Crippen molar-refractivity contribution >= 4 is 22.3 Å². The summed E-state index contributed by atoms with van der Waals surface area (Å²) in [6.07, 6.45) is 5.03. The Morgan fingerprint density at radius 1 is 0.808 bits per heavy atom. The maximum absolute atomic E-state index is 5.44. The van der Waals surface area contributed by atoms with Crippen LogP contribution in [-0.2, 0) is 0 Å². The molecule has 134 valence electrons. The van der Waals surface area contributed by atoms with Crippen LogP contribution in [0.1, 0.15) is 39.8 Å². The molecule has 0 aromatic carbocycles. The van der Waals surface area contributed by atoms with Crippen LogP contribution in [0, 0.1) is 0 Å². The van der Waals surface area contributed by atoms with Gasteiger partial charge in [-0.15, -0.1) is 0 Å². The molecule has 0 atom stereocenters. The number of nitrogens with zero attached hydrogens (tertiary/aromatic N) is 8. The number of methoxy groups -OCH3 is 1. The molecule has 0 saturated heterocycles. The summed E-state index contributed by atoms with van der Waals surface area (Å²) in [6.45, 7) is 8.30. The Morgan fingerprint density at radius 2 is 1.46 bits per heavy atom. The predicted octanol–water partition coefficient (Wildman–Crippen LogP) is 2.80. The normalized spacial score (nSPS) is 12.0. The number of rotatable bonds is 4. The zero-order valence-electron chi connectivity index (χ0n) is 15.4. The van der Waals surface area contributed by atoms with Crippen LogP contribution in [0.4, 0.5) is 0 Å². The van der Waals surface area contributed by atoms with Crippen molar-refractivity contribution in [1.29, 1.82) is 0 Å². The van der Waals surface area contributed by atoms with Gasteiger partial charge in [-0.25, -0.2) is 24.9 Å². The molecule has 0 saturated carbocycles. The van der Waals surface area contributed by atoms with E-state index in [9.17, 15) is 0 Å².